The summed E-state index contributed by atoms with van der Waals surface area (Å²) in [6.07, 6.45) is 1.13. The summed E-state index contributed by atoms with van der Waals surface area (Å²) < 4.78 is 0. The Morgan fingerprint density at radius 3 is 2.70 bits per heavy atom. The van der Waals surface area contributed by atoms with Crippen molar-refractivity contribution in [3.8, 4) is 0 Å². The summed E-state index contributed by atoms with van der Waals surface area (Å²) in [7, 11) is 2.12. The lowest BCUT2D eigenvalue weighted by atomic mass is 10.1. The third-order valence-corrected chi connectivity index (χ3v) is 3.40. The van der Waals surface area contributed by atoms with Gasteiger partial charge in [0.05, 0.1) is 5.52 Å². The van der Waals surface area contributed by atoms with Gasteiger partial charge >= 0.3 is 0 Å². The summed E-state index contributed by atoms with van der Waals surface area (Å²) in [5.74, 6) is 1.10. The van der Waals surface area contributed by atoms with Gasteiger partial charge in [-0.15, -0.1) is 0 Å². The Labute approximate surface area is 122 Å². The maximum atomic E-state index is 4.86. The van der Waals surface area contributed by atoms with Crippen LogP contribution in [0.5, 0.6) is 0 Å². The average Bonchev–Trinajstić information content (AvgIpc) is 2.44. The number of hydrogen-bond acceptors (Lipinski definition) is 3. The van der Waals surface area contributed by atoms with Gasteiger partial charge in [0.1, 0.15) is 5.82 Å². The molecule has 3 heteroatoms. The van der Waals surface area contributed by atoms with Gasteiger partial charge in [0.25, 0.3) is 0 Å². The Bertz CT molecular complexity index is 563. The van der Waals surface area contributed by atoms with Crippen molar-refractivity contribution < 1.29 is 0 Å². The summed E-state index contributed by atoms with van der Waals surface area (Å²) >= 11 is 0. The van der Waals surface area contributed by atoms with Gasteiger partial charge in [0.15, 0.2) is 0 Å². The van der Waals surface area contributed by atoms with Crippen LogP contribution in [0.4, 0.5) is 5.82 Å². The van der Waals surface area contributed by atoms with Crippen LogP contribution < -0.4 is 10.2 Å². The van der Waals surface area contributed by atoms with Gasteiger partial charge in [0.2, 0.25) is 0 Å². The van der Waals surface area contributed by atoms with Gasteiger partial charge in [-0.2, -0.15) is 0 Å². The smallest absolute Gasteiger partial charge is 0.133 e. The SMILES string of the molecule is CCCN(C)c1nc2ccccc2cc1CNC(C)C. The minimum atomic E-state index is 0.478. The average molecular weight is 271 g/mol. The highest BCUT2D eigenvalue weighted by Crippen LogP contribution is 2.23. The quantitative estimate of drug-likeness (QED) is 0.870. The molecule has 0 fully saturated rings. The number of nitrogens with one attached hydrogen (secondary N) is 1. The van der Waals surface area contributed by atoms with E-state index in [1.54, 1.807) is 0 Å². The lowest BCUT2D eigenvalue weighted by Gasteiger charge is -2.22. The summed E-state index contributed by atoms with van der Waals surface area (Å²) in [4.78, 5) is 7.11. The predicted octanol–water partition coefficient (Wildman–Crippen LogP) is 3.58. The first-order chi connectivity index (χ1) is 9.61. The van der Waals surface area contributed by atoms with Crippen molar-refractivity contribution in [2.45, 2.75) is 39.8 Å². The number of nitrogens with zero attached hydrogens (tertiary/aromatic N) is 2. The molecule has 0 aliphatic rings. The standard InChI is InChI=1S/C17H25N3/c1-5-10-20(4)17-15(12-18-13(2)3)11-14-8-6-7-9-16(14)19-17/h6-9,11,13,18H,5,10,12H2,1-4H3. The molecule has 20 heavy (non-hydrogen) atoms. The fourth-order valence-electron chi connectivity index (χ4n) is 2.37. The number of rotatable bonds is 6. The monoisotopic (exact) mass is 271 g/mol. The van der Waals surface area contributed by atoms with Crippen LogP contribution in [0.15, 0.2) is 30.3 Å². The Hall–Kier alpha value is -1.61. The second kappa shape index (κ2) is 6.71. The molecule has 1 N–H and O–H groups in total. The molecule has 0 bridgehead atoms. The van der Waals surface area contributed by atoms with E-state index in [1.165, 1.54) is 10.9 Å². The van der Waals surface area contributed by atoms with Crippen LogP contribution in [0.3, 0.4) is 0 Å². The molecule has 0 aliphatic carbocycles. The predicted molar refractivity (Wildman–Crippen MR) is 87.3 cm³/mol. The molecule has 1 aromatic carbocycles. The van der Waals surface area contributed by atoms with Crippen LogP contribution in [-0.4, -0.2) is 24.6 Å². The molecule has 1 heterocycles. The van der Waals surface area contributed by atoms with Crippen molar-refractivity contribution in [3.63, 3.8) is 0 Å². The van der Waals surface area contributed by atoms with Gasteiger partial charge in [-0.25, -0.2) is 4.98 Å². The second-order valence-electron chi connectivity index (χ2n) is 5.62. The van der Waals surface area contributed by atoms with E-state index in [0.717, 1.165) is 30.8 Å². The first-order valence-corrected chi connectivity index (χ1v) is 7.45. The fraction of sp³-hybridized carbons (Fsp3) is 0.471. The third-order valence-electron chi connectivity index (χ3n) is 3.40. The van der Waals surface area contributed by atoms with E-state index >= 15 is 0 Å². The first-order valence-electron chi connectivity index (χ1n) is 7.45. The Morgan fingerprint density at radius 1 is 1.25 bits per heavy atom. The zero-order chi connectivity index (χ0) is 14.5. The molecule has 0 saturated carbocycles. The molecule has 108 valence electrons. The van der Waals surface area contributed by atoms with Crippen LogP contribution in [0.2, 0.25) is 0 Å². The molecule has 0 atom stereocenters. The lowest BCUT2D eigenvalue weighted by Crippen LogP contribution is -2.26. The minimum Gasteiger partial charge on any atom is -0.359 e. The molecule has 0 amide bonds. The molecular formula is C17H25N3. The maximum Gasteiger partial charge on any atom is 0.133 e. The van der Waals surface area contributed by atoms with Gasteiger partial charge in [0, 0.05) is 37.1 Å². The molecule has 0 unspecified atom stereocenters. The third kappa shape index (κ3) is 3.48. The van der Waals surface area contributed by atoms with Crippen molar-refractivity contribution in [2.75, 3.05) is 18.5 Å². The zero-order valence-electron chi connectivity index (χ0n) is 13.0. The highest BCUT2D eigenvalue weighted by atomic mass is 15.2. The first kappa shape index (κ1) is 14.8. The second-order valence-corrected chi connectivity index (χ2v) is 5.62. The number of pyridine rings is 1. The maximum absolute atomic E-state index is 4.86. The van der Waals surface area contributed by atoms with Crippen molar-refractivity contribution >= 4 is 16.7 Å². The van der Waals surface area contributed by atoms with E-state index in [4.69, 9.17) is 4.98 Å². The van der Waals surface area contributed by atoms with E-state index in [9.17, 15) is 0 Å². The Morgan fingerprint density at radius 2 is 2.00 bits per heavy atom. The molecular weight excluding hydrogens is 246 g/mol. The molecule has 1 aromatic heterocycles. The fourth-order valence-corrected chi connectivity index (χ4v) is 2.37. The number of para-hydroxylation sites is 1. The molecule has 2 rings (SSSR count). The topological polar surface area (TPSA) is 28.2 Å². The van der Waals surface area contributed by atoms with Crippen LogP contribution in [0.1, 0.15) is 32.8 Å². The molecule has 2 aromatic rings. The number of hydrogen-bond donors (Lipinski definition) is 1. The van der Waals surface area contributed by atoms with E-state index in [2.05, 4.69) is 62.3 Å². The number of benzene rings is 1. The molecule has 0 radical (unpaired) electrons. The van der Waals surface area contributed by atoms with Gasteiger partial charge < -0.3 is 10.2 Å². The van der Waals surface area contributed by atoms with E-state index < -0.39 is 0 Å². The van der Waals surface area contributed by atoms with E-state index in [0.29, 0.717) is 6.04 Å². The van der Waals surface area contributed by atoms with Gasteiger partial charge in [-0.05, 0) is 18.6 Å². The zero-order valence-corrected chi connectivity index (χ0v) is 13.0. The highest BCUT2D eigenvalue weighted by molar-refractivity contribution is 5.81. The molecule has 3 nitrogen and oxygen atoms in total. The Balaban J connectivity index is 2.41. The van der Waals surface area contributed by atoms with Crippen molar-refractivity contribution in [1.29, 1.82) is 0 Å². The molecule has 0 aliphatic heterocycles. The summed E-state index contributed by atoms with van der Waals surface area (Å²) in [6.45, 7) is 8.43. The normalized spacial score (nSPS) is 11.2. The van der Waals surface area contributed by atoms with Crippen molar-refractivity contribution in [1.82, 2.24) is 10.3 Å². The summed E-state index contributed by atoms with van der Waals surface area (Å²) in [6, 6.07) is 11.1. The number of aromatic nitrogens is 1. The Kier molecular flexibility index (Phi) is 4.96. The van der Waals surface area contributed by atoms with E-state index in [1.807, 2.05) is 6.07 Å². The molecule has 0 saturated heterocycles. The highest BCUT2D eigenvalue weighted by Gasteiger charge is 2.11. The van der Waals surface area contributed by atoms with Crippen molar-refractivity contribution in [3.05, 3.63) is 35.9 Å². The van der Waals surface area contributed by atoms with Crippen LogP contribution in [-0.2, 0) is 6.54 Å². The lowest BCUT2D eigenvalue weighted by molar-refractivity contribution is 0.587. The number of fused-ring (bicyclic) bond motifs is 1. The van der Waals surface area contributed by atoms with Crippen LogP contribution >= 0.6 is 0 Å². The minimum absolute atomic E-state index is 0.478. The largest absolute Gasteiger partial charge is 0.359 e. The van der Waals surface area contributed by atoms with Gasteiger partial charge in [-0.3, -0.25) is 0 Å². The number of anilines is 1. The van der Waals surface area contributed by atoms with Gasteiger partial charge in [-0.1, -0.05) is 39.0 Å². The van der Waals surface area contributed by atoms with E-state index in [-0.39, 0.29) is 0 Å². The van der Waals surface area contributed by atoms with Crippen LogP contribution in [0.25, 0.3) is 10.9 Å². The summed E-state index contributed by atoms with van der Waals surface area (Å²) in [5, 5.41) is 4.71. The van der Waals surface area contributed by atoms with Crippen LogP contribution in [0, 0.1) is 0 Å². The summed E-state index contributed by atoms with van der Waals surface area (Å²) in [5.41, 5.74) is 2.34. The molecule has 0 spiro atoms. The van der Waals surface area contributed by atoms with Crippen molar-refractivity contribution in [2.24, 2.45) is 0 Å².